The largest absolute Gasteiger partial charge is 0.486 e. The summed E-state index contributed by atoms with van der Waals surface area (Å²) < 4.78 is 37.9. The predicted octanol–water partition coefficient (Wildman–Crippen LogP) is 5.57. The second-order valence-corrected chi connectivity index (χ2v) is 10.1. The molecule has 1 heterocycles. The summed E-state index contributed by atoms with van der Waals surface area (Å²) in [5.74, 6) is 1.02. The van der Waals surface area contributed by atoms with Crippen LogP contribution in [-0.4, -0.2) is 17.1 Å². The van der Waals surface area contributed by atoms with Crippen LogP contribution in [-0.2, 0) is 6.61 Å². The summed E-state index contributed by atoms with van der Waals surface area (Å²) in [7, 11) is 0. The van der Waals surface area contributed by atoms with Crippen LogP contribution in [0.3, 0.4) is 0 Å². The van der Waals surface area contributed by atoms with E-state index >= 15 is 0 Å². The number of carbonyl (C=O) groups excluding carboxylic acids is 1. The van der Waals surface area contributed by atoms with Gasteiger partial charge in [0.1, 0.15) is 18.2 Å². The molecule has 2 aromatic rings. The van der Waals surface area contributed by atoms with Gasteiger partial charge in [-0.15, -0.1) is 0 Å². The Labute approximate surface area is 186 Å². The number of carbonyl (C=O) groups is 1. The first kappa shape index (κ1) is 21.4. The molecule has 1 amide bonds. The zero-order valence-corrected chi connectivity index (χ0v) is 18.6. The number of benzene rings is 1. The van der Waals surface area contributed by atoms with Gasteiger partial charge in [0.15, 0.2) is 17.3 Å². The van der Waals surface area contributed by atoms with Crippen molar-refractivity contribution < 1.29 is 22.8 Å². The molecule has 4 fully saturated rings. The van der Waals surface area contributed by atoms with Crippen molar-refractivity contribution in [3.8, 4) is 5.75 Å². The van der Waals surface area contributed by atoms with Crippen LogP contribution in [0.2, 0.25) is 0 Å². The van der Waals surface area contributed by atoms with E-state index in [0.717, 1.165) is 36.3 Å². The van der Waals surface area contributed by atoms with Crippen LogP contribution in [0.4, 0.5) is 8.78 Å². The fraction of sp³-hybridized carbons (Fsp3) is 0.600. The van der Waals surface area contributed by atoms with Gasteiger partial charge in [0.25, 0.3) is 5.91 Å². The second-order valence-electron chi connectivity index (χ2n) is 10.1. The normalized spacial score (nSPS) is 29.2. The first-order valence-electron chi connectivity index (χ1n) is 11.7. The Morgan fingerprint density at radius 2 is 1.88 bits per heavy atom. The molecule has 32 heavy (non-hydrogen) atoms. The summed E-state index contributed by atoms with van der Waals surface area (Å²) in [6, 6.07) is 3.22. The quantitative estimate of drug-likeness (QED) is 0.607. The van der Waals surface area contributed by atoms with Crippen LogP contribution in [0, 0.1) is 41.7 Å². The third-order valence-electron chi connectivity index (χ3n) is 8.00. The van der Waals surface area contributed by atoms with Gasteiger partial charge >= 0.3 is 0 Å². The van der Waals surface area contributed by atoms with Crippen molar-refractivity contribution in [3.05, 3.63) is 46.9 Å². The van der Waals surface area contributed by atoms with Gasteiger partial charge in [-0.3, -0.25) is 4.79 Å². The fourth-order valence-electron chi connectivity index (χ4n) is 7.00. The van der Waals surface area contributed by atoms with Gasteiger partial charge in [-0.1, -0.05) is 12.1 Å². The smallest absolute Gasteiger partial charge is 0.274 e. The lowest BCUT2D eigenvalue weighted by Crippen LogP contribution is -2.56. The number of halogens is 2. The van der Waals surface area contributed by atoms with Crippen LogP contribution in [0.5, 0.6) is 5.75 Å². The maximum absolute atomic E-state index is 13.9. The molecule has 4 saturated carbocycles. The summed E-state index contributed by atoms with van der Waals surface area (Å²) in [6.07, 6.45) is 8.55. The number of hydrogen-bond donors (Lipinski definition) is 1. The Kier molecular flexibility index (Phi) is 5.46. The Morgan fingerprint density at radius 3 is 2.47 bits per heavy atom. The highest BCUT2D eigenvalue weighted by atomic mass is 19.1. The summed E-state index contributed by atoms with van der Waals surface area (Å²) in [5, 5.41) is 7.25. The van der Waals surface area contributed by atoms with Gasteiger partial charge in [-0.25, -0.2) is 8.78 Å². The van der Waals surface area contributed by atoms with Crippen molar-refractivity contribution in [2.24, 2.45) is 23.2 Å². The van der Waals surface area contributed by atoms with Crippen LogP contribution in [0.1, 0.15) is 73.7 Å². The van der Waals surface area contributed by atoms with Gasteiger partial charge < -0.3 is 14.6 Å². The molecule has 1 aromatic carbocycles. The maximum atomic E-state index is 13.9. The molecule has 0 saturated heterocycles. The number of rotatable bonds is 7. The molecule has 5 nitrogen and oxygen atoms in total. The van der Waals surface area contributed by atoms with Crippen molar-refractivity contribution in [3.63, 3.8) is 0 Å². The third-order valence-corrected chi connectivity index (χ3v) is 8.00. The highest BCUT2D eigenvalue weighted by molar-refractivity contribution is 5.94. The van der Waals surface area contributed by atoms with Crippen molar-refractivity contribution in [2.75, 3.05) is 0 Å². The molecular weight excluding hydrogens is 414 g/mol. The van der Waals surface area contributed by atoms with Crippen molar-refractivity contribution >= 4 is 5.91 Å². The summed E-state index contributed by atoms with van der Waals surface area (Å²) >= 11 is 0. The highest BCUT2D eigenvalue weighted by Crippen LogP contribution is 2.61. The minimum Gasteiger partial charge on any atom is -0.486 e. The summed E-state index contributed by atoms with van der Waals surface area (Å²) in [5.41, 5.74) is 0.839. The monoisotopic (exact) mass is 444 g/mol. The lowest BCUT2D eigenvalue weighted by molar-refractivity contribution is -0.0727. The van der Waals surface area contributed by atoms with E-state index in [1.165, 1.54) is 44.6 Å². The van der Waals surface area contributed by atoms with Crippen LogP contribution in [0.25, 0.3) is 0 Å². The van der Waals surface area contributed by atoms with Gasteiger partial charge in [0.2, 0.25) is 0 Å². The van der Waals surface area contributed by atoms with Gasteiger partial charge in [0, 0.05) is 12.1 Å². The van der Waals surface area contributed by atoms with Crippen molar-refractivity contribution in [1.29, 1.82) is 0 Å². The molecular formula is C25H30F2N2O3. The van der Waals surface area contributed by atoms with Crippen molar-refractivity contribution in [1.82, 2.24) is 10.5 Å². The minimum atomic E-state index is -0.794. The summed E-state index contributed by atoms with van der Waals surface area (Å²) in [6.45, 7) is 3.74. The third kappa shape index (κ3) is 3.80. The average Bonchev–Trinajstić information content (AvgIpc) is 3.10. The average molecular weight is 445 g/mol. The first-order valence-corrected chi connectivity index (χ1v) is 11.7. The highest BCUT2D eigenvalue weighted by Gasteiger charge is 2.54. The molecule has 0 spiro atoms. The Bertz CT molecular complexity index is 983. The van der Waals surface area contributed by atoms with E-state index in [4.69, 9.17) is 9.26 Å². The molecule has 1 N–H and O–H groups in total. The maximum Gasteiger partial charge on any atom is 0.274 e. The number of aromatic nitrogens is 1. The second kappa shape index (κ2) is 8.16. The van der Waals surface area contributed by atoms with E-state index in [0.29, 0.717) is 11.3 Å². The number of amides is 1. The number of nitrogens with zero attached hydrogens (tertiary/aromatic N) is 1. The van der Waals surface area contributed by atoms with Crippen molar-refractivity contribution in [2.45, 2.75) is 71.4 Å². The zero-order chi connectivity index (χ0) is 22.5. The van der Waals surface area contributed by atoms with E-state index in [1.54, 1.807) is 6.92 Å². The number of aryl methyl sites for hydroxylation is 1. The van der Waals surface area contributed by atoms with E-state index < -0.39 is 11.6 Å². The molecule has 1 atom stereocenters. The minimum absolute atomic E-state index is 0.0849. The van der Waals surface area contributed by atoms with Crippen LogP contribution in [0.15, 0.2) is 22.7 Å². The SMILES string of the molecule is CCC(NC(=O)c1noc(C)c1COc1ccc(F)cc1F)C12CC3CC(CC(C3)C1)C2. The molecule has 1 aromatic heterocycles. The zero-order valence-electron chi connectivity index (χ0n) is 18.6. The van der Waals surface area contributed by atoms with E-state index in [9.17, 15) is 13.6 Å². The molecule has 172 valence electrons. The Hall–Kier alpha value is -2.44. The molecule has 0 radical (unpaired) electrons. The van der Waals surface area contributed by atoms with Crippen LogP contribution >= 0.6 is 0 Å². The molecule has 0 aliphatic heterocycles. The lowest BCUT2D eigenvalue weighted by atomic mass is 9.47. The fourth-order valence-corrected chi connectivity index (χ4v) is 7.00. The molecule has 1 unspecified atom stereocenters. The topological polar surface area (TPSA) is 64.4 Å². The van der Waals surface area contributed by atoms with Crippen LogP contribution < -0.4 is 10.1 Å². The molecule has 6 rings (SSSR count). The van der Waals surface area contributed by atoms with Gasteiger partial charge in [-0.2, -0.15) is 0 Å². The van der Waals surface area contributed by atoms with Gasteiger partial charge in [0.05, 0.1) is 5.56 Å². The first-order chi connectivity index (χ1) is 15.4. The standard InChI is InChI=1S/C25H30F2N2O3/c1-3-22(25-10-15-6-16(11-25)8-17(7-15)12-25)28-24(30)23-19(14(2)32-29-23)13-31-21-5-4-18(26)9-20(21)27/h4-5,9,15-17,22H,3,6-8,10-13H2,1-2H3,(H,28,30). The lowest BCUT2D eigenvalue weighted by Gasteiger charge is -2.59. The van der Waals surface area contributed by atoms with E-state index in [2.05, 4.69) is 17.4 Å². The van der Waals surface area contributed by atoms with E-state index in [1.807, 2.05) is 0 Å². The molecule has 7 heteroatoms. The number of hydrogen-bond acceptors (Lipinski definition) is 4. The Balaban J connectivity index is 1.31. The summed E-state index contributed by atoms with van der Waals surface area (Å²) in [4.78, 5) is 13.3. The molecule has 4 aliphatic rings. The Morgan fingerprint density at radius 1 is 1.22 bits per heavy atom. The number of nitrogens with one attached hydrogen (secondary N) is 1. The van der Waals surface area contributed by atoms with Gasteiger partial charge in [-0.05, 0) is 87.2 Å². The van der Waals surface area contributed by atoms with E-state index in [-0.39, 0.29) is 35.4 Å². The number of ether oxygens (including phenoxy) is 1. The molecule has 4 bridgehead atoms. The molecule has 4 aliphatic carbocycles. The predicted molar refractivity (Wildman–Crippen MR) is 114 cm³/mol.